The highest BCUT2D eigenvalue weighted by atomic mass is 16.2. The van der Waals surface area contributed by atoms with Gasteiger partial charge in [-0.05, 0) is 60.5 Å². The molecule has 2 aromatic rings. The average molecular weight is 322 g/mol. The fraction of sp³-hybridized carbons (Fsp3) is 0.476. The number of nitrogens with one attached hydrogen (secondary N) is 1. The molecule has 1 saturated carbocycles. The smallest absolute Gasteiger partial charge is 0.226 e. The van der Waals surface area contributed by atoms with Crippen LogP contribution in [0.3, 0.4) is 0 Å². The minimum Gasteiger partial charge on any atom is -0.345 e. The number of fused-ring (bicyclic) bond motifs is 1. The summed E-state index contributed by atoms with van der Waals surface area (Å²) in [5, 5.41) is 5.99. The summed E-state index contributed by atoms with van der Waals surface area (Å²) in [5.74, 6) is 0.634. The number of carbonyl (C=O) groups excluding carboxylic acids is 1. The SMILES string of the molecule is CN(CCc1cccc2ccccc12)C(=O)C1CC12CCNCC2. The summed E-state index contributed by atoms with van der Waals surface area (Å²) < 4.78 is 0. The molecule has 1 saturated heterocycles. The van der Waals surface area contributed by atoms with Gasteiger partial charge in [-0.15, -0.1) is 0 Å². The van der Waals surface area contributed by atoms with E-state index in [1.54, 1.807) is 0 Å². The van der Waals surface area contributed by atoms with Gasteiger partial charge in [-0.3, -0.25) is 4.79 Å². The molecule has 3 heteroatoms. The van der Waals surface area contributed by atoms with E-state index in [4.69, 9.17) is 0 Å². The van der Waals surface area contributed by atoms with Crippen molar-refractivity contribution in [3.05, 3.63) is 48.0 Å². The minimum atomic E-state index is 0.275. The third kappa shape index (κ3) is 2.82. The number of hydrogen-bond donors (Lipinski definition) is 1. The van der Waals surface area contributed by atoms with Crippen LogP contribution in [-0.2, 0) is 11.2 Å². The molecule has 2 fully saturated rings. The van der Waals surface area contributed by atoms with Crippen molar-refractivity contribution in [2.45, 2.75) is 25.7 Å². The fourth-order valence-electron chi connectivity index (χ4n) is 4.35. The number of benzene rings is 2. The maximum absolute atomic E-state index is 12.8. The average Bonchev–Trinajstić information content (AvgIpc) is 3.32. The summed E-state index contributed by atoms with van der Waals surface area (Å²) in [7, 11) is 1.97. The Morgan fingerprint density at radius 3 is 2.75 bits per heavy atom. The predicted octanol–water partition coefficient (Wildman–Crippen LogP) is 3.23. The van der Waals surface area contributed by atoms with Crippen molar-refractivity contribution in [2.75, 3.05) is 26.7 Å². The van der Waals surface area contributed by atoms with Gasteiger partial charge in [-0.2, -0.15) is 0 Å². The standard InChI is InChI=1S/C21H26N2O/c1-23(20(24)19-15-21(19)10-12-22-13-11-21)14-9-17-7-4-6-16-5-2-3-8-18(16)17/h2-8,19,22H,9-15H2,1H3. The van der Waals surface area contributed by atoms with Crippen molar-refractivity contribution in [1.29, 1.82) is 0 Å². The van der Waals surface area contributed by atoms with Gasteiger partial charge in [0.05, 0.1) is 0 Å². The van der Waals surface area contributed by atoms with Crippen LogP contribution in [0.15, 0.2) is 42.5 Å². The van der Waals surface area contributed by atoms with Crippen LogP contribution in [0.25, 0.3) is 10.8 Å². The van der Waals surface area contributed by atoms with E-state index in [1.807, 2.05) is 11.9 Å². The number of carbonyl (C=O) groups is 1. The van der Waals surface area contributed by atoms with E-state index in [2.05, 4.69) is 47.8 Å². The quantitative estimate of drug-likeness (QED) is 0.937. The Morgan fingerprint density at radius 2 is 1.92 bits per heavy atom. The van der Waals surface area contributed by atoms with E-state index >= 15 is 0 Å². The monoisotopic (exact) mass is 322 g/mol. The zero-order valence-electron chi connectivity index (χ0n) is 14.4. The van der Waals surface area contributed by atoms with Gasteiger partial charge in [0, 0.05) is 19.5 Å². The lowest BCUT2D eigenvalue weighted by atomic mass is 9.91. The molecule has 0 bridgehead atoms. The lowest BCUT2D eigenvalue weighted by Gasteiger charge is -2.25. The van der Waals surface area contributed by atoms with Crippen molar-refractivity contribution in [2.24, 2.45) is 11.3 Å². The first-order chi connectivity index (χ1) is 11.7. The Kier molecular flexibility index (Phi) is 4.05. The Labute approximate surface area is 144 Å². The van der Waals surface area contributed by atoms with Gasteiger partial charge >= 0.3 is 0 Å². The lowest BCUT2D eigenvalue weighted by Crippen LogP contribution is -2.35. The molecule has 4 rings (SSSR count). The van der Waals surface area contributed by atoms with Gasteiger partial charge < -0.3 is 10.2 Å². The van der Waals surface area contributed by atoms with Crippen molar-refractivity contribution >= 4 is 16.7 Å². The molecule has 0 radical (unpaired) electrons. The molecule has 1 N–H and O–H groups in total. The highest BCUT2D eigenvalue weighted by Gasteiger charge is 2.58. The van der Waals surface area contributed by atoms with Crippen LogP contribution in [0.4, 0.5) is 0 Å². The van der Waals surface area contributed by atoms with Gasteiger partial charge in [0.15, 0.2) is 0 Å². The topological polar surface area (TPSA) is 32.3 Å². The third-order valence-corrected chi connectivity index (χ3v) is 6.06. The summed E-state index contributed by atoms with van der Waals surface area (Å²) >= 11 is 0. The number of likely N-dealkylation sites (N-methyl/N-ethyl adjacent to an activating group) is 1. The molecule has 1 spiro atoms. The van der Waals surface area contributed by atoms with Crippen molar-refractivity contribution in [3.8, 4) is 0 Å². The molecular formula is C21H26N2O. The minimum absolute atomic E-state index is 0.275. The van der Waals surface area contributed by atoms with Crippen LogP contribution in [0.1, 0.15) is 24.8 Å². The molecule has 1 heterocycles. The molecule has 2 aliphatic rings. The molecule has 1 aliphatic carbocycles. The zero-order valence-corrected chi connectivity index (χ0v) is 14.4. The number of nitrogens with zero attached hydrogens (tertiary/aromatic N) is 1. The largest absolute Gasteiger partial charge is 0.345 e. The van der Waals surface area contributed by atoms with Gasteiger partial charge in [-0.25, -0.2) is 0 Å². The maximum Gasteiger partial charge on any atom is 0.226 e. The Hall–Kier alpha value is -1.87. The molecule has 1 aliphatic heterocycles. The fourth-order valence-corrected chi connectivity index (χ4v) is 4.35. The van der Waals surface area contributed by atoms with Crippen molar-refractivity contribution in [1.82, 2.24) is 10.2 Å². The maximum atomic E-state index is 12.8. The highest BCUT2D eigenvalue weighted by Crippen LogP contribution is 2.59. The summed E-state index contributed by atoms with van der Waals surface area (Å²) in [6.45, 7) is 2.95. The molecule has 3 nitrogen and oxygen atoms in total. The van der Waals surface area contributed by atoms with E-state index in [0.717, 1.165) is 32.5 Å². The second-order valence-electron chi connectivity index (χ2n) is 7.52. The van der Waals surface area contributed by atoms with Gasteiger partial charge in [0.1, 0.15) is 0 Å². The molecule has 2 aromatic carbocycles. The normalized spacial score (nSPS) is 21.8. The van der Waals surface area contributed by atoms with Gasteiger partial charge in [0.25, 0.3) is 0 Å². The number of piperidine rings is 1. The Bertz CT molecular complexity index is 743. The number of rotatable bonds is 4. The zero-order chi connectivity index (χ0) is 16.6. The summed E-state index contributed by atoms with van der Waals surface area (Å²) in [6, 6.07) is 14.9. The number of amides is 1. The molecule has 24 heavy (non-hydrogen) atoms. The van der Waals surface area contributed by atoms with E-state index in [0.29, 0.717) is 11.3 Å². The molecule has 1 amide bonds. The van der Waals surface area contributed by atoms with Gasteiger partial charge in [-0.1, -0.05) is 42.5 Å². The van der Waals surface area contributed by atoms with E-state index < -0.39 is 0 Å². The first-order valence-corrected chi connectivity index (χ1v) is 9.12. The predicted molar refractivity (Wildman–Crippen MR) is 97.9 cm³/mol. The second-order valence-corrected chi connectivity index (χ2v) is 7.52. The van der Waals surface area contributed by atoms with Crippen LogP contribution in [0.5, 0.6) is 0 Å². The second kappa shape index (κ2) is 6.21. The first-order valence-electron chi connectivity index (χ1n) is 9.12. The van der Waals surface area contributed by atoms with E-state index in [-0.39, 0.29) is 5.92 Å². The molecule has 1 unspecified atom stereocenters. The Morgan fingerprint density at radius 1 is 1.17 bits per heavy atom. The summed E-state index contributed by atoms with van der Waals surface area (Å²) in [4.78, 5) is 14.7. The molecule has 126 valence electrons. The Balaban J connectivity index is 1.39. The third-order valence-electron chi connectivity index (χ3n) is 6.06. The highest BCUT2D eigenvalue weighted by molar-refractivity contribution is 5.86. The van der Waals surface area contributed by atoms with Crippen LogP contribution in [0.2, 0.25) is 0 Å². The van der Waals surface area contributed by atoms with Crippen LogP contribution >= 0.6 is 0 Å². The van der Waals surface area contributed by atoms with Crippen molar-refractivity contribution in [3.63, 3.8) is 0 Å². The van der Waals surface area contributed by atoms with Crippen LogP contribution in [0, 0.1) is 11.3 Å². The molecule has 0 aromatic heterocycles. The molecular weight excluding hydrogens is 296 g/mol. The lowest BCUT2D eigenvalue weighted by molar-refractivity contribution is -0.132. The number of hydrogen-bond acceptors (Lipinski definition) is 2. The van der Waals surface area contributed by atoms with Gasteiger partial charge in [0.2, 0.25) is 5.91 Å². The van der Waals surface area contributed by atoms with E-state index in [1.165, 1.54) is 29.2 Å². The summed E-state index contributed by atoms with van der Waals surface area (Å²) in [5.41, 5.74) is 1.66. The van der Waals surface area contributed by atoms with E-state index in [9.17, 15) is 4.79 Å². The molecule has 1 atom stereocenters. The first kappa shape index (κ1) is 15.6. The van der Waals surface area contributed by atoms with Crippen LogP contribution in [-0.4, -0.2) is 37.5 Å². The van der Waals surface area contributed by atoms with Crippen LogP contribution < -0.4 is 5.32 Å². The van der Waals surface area contributed by atoms with Crippen molar-refractivity contribution < 1.29 is 4.79 Å². The summed E-state index contributed by atoms with van der Waals surface area (Å²) in [6.07, 6.45) is 4.36.